The molecule has 3 aliphatic rings. The number of rotatable bonds is 7. The topological polar surface area (TPSA) is 94.8 Å². The van der Waals surface area contributed by atoms with Crippen LogP contribution in [0.1, 0.15) is 42.7 Å². The number of piperazine rings is 1. The molecule has 0 bridgehead atoms. The molecule has 6 rings (SSSR count). The molecule has 9 nitrogen and oxygen atoms in total. The SMILES string of the molecule is C=C(F)C(=O)N1CCN(c2nc(O[C@@H]3CN(C)CC3CC)nc3c2COC(c2cccc4cccc(Cl)c24)C3)C[C@@H]1CC#N. The van der Waals surface area contributed by atoms with Gasteiger partial charge in [0.05, 0.1) is 36.9 Å². The molecule has 230 valence electrons. The standard InChI is InChI=1S/C33H36ClFN6O3/c1-4-21-16-39(3)18-29(21)44-33-37-27-15-28(24-9-5-7-22-8-6-10-26(34)30(22)24)43-19-25(27)31(38-33)40-13-14-41(32(42)20(2)35)23(17-40)11-12-36/h5-10,21,23,28-29H,2,4,11,13-19H2,1,3H3/t21?,23-,28?,29+/m0/s1. The van der Waals surface area contributed by atoms with Gasteiger partial charge in [0.25, 0.3) is 5.91 Å². The first kappa shape index (κ1) is 30.3. The molecule has 1 aromatic heterocycles. The number of carbonyl (C=O) groups excluding carboxylic acids is 1. The summed E-state index contributed by atoms with van der Waals surface area (Å²) in [5.41, 5.74) is 2.68. The molecular formula is C33H36ClFN6O3. The first-order valence-electron chi connectivity index (χ1n) is 15.1. The Balaban J connectivity index is 1.37. The van der Waals surface area contributed by atoms with Crippen molar-refractivity contribution in [1.82, 2.24) is 19.8 Å². The lowest BCUT2D eigenvalue weighted by molar-refractivity contribution is -0.131. The van der Waals surface area contributed by atoms with Crippen LogP contribution in [-0.4, -0.2) is 77.6 Å². The van der Waals surface area contributed by atoms with E-state index in [-0.39, 0.29) is 31.8 Å². The Kier molecular flexibility index (Phi) is 8.72. The minimum Gasteiger partial charge on any atom is -0.458 e. The first-order valence-corrected chi connectivity index (χ1v) is 15.5. The van der Waals surface area contributed by atoms with Crippen LogP contribution in [0.4, 0.5) is 10.2 Å². The number of likely N-dealkylation sites (tertiary alicyclic amines) is 1. The monoisotopic (exact) mass is 618 g/mol. The Morgan fingerprint density at radius 1 is 1.20 bits per heavy atom. The molecule has 0 spiro atoms. The second-order valence-electron chi connectivity index (χ2n) is 11.9. The number of aromatic nitrogens is 2. The molecule has 11 heteroatoms. The number of ether oxygens (including phenoxy) is 2. The van der Waals surface area contributed by atoms with Gasteiger partial charge in [-0.3, -0.25) is 4.79 Å². The molecule has 3 aromatic rings. The molecule has 3 aliphatic heterocycles. The lowest BCUT2D eigenvalue weighted by Crippen LogP contribution is -2.55. The minimum atomic E-state index is -1.03. The van der Waals surface area contributed by atoms with Crippen molar-refractivity contribution in [3.8, 4) is 12.1 Å². The average Bonchev–Trinajstić information content (AvgIpc) is 3.38. The van der Waals surface area contributed by atoms with Gasteiger partial charge in [-0.15, -0.1) is 0 Å². The maximum Gasteiger partial charge on any atom is 0.318 e. The van der Waals surface area contributed by atoms with Crippen molar-refractivity contribution >= 4 is 34.1 Å². The minimum absolute atomic E-state index is 0.0419. The summed E-state index contributed by atoms with van der Waals surface area (Å²) in [5, 5.41) is 12.2. The number of nitrogens with zero attached hydrogens (tertiary/aromatic N) is 6. The van der Waals surface area contributed by atoms with E-state index in [2.05, 4.69) is 31.5 Å². The van der Waals surface area contributed by atoms with Crippen molar-refractivity contribution < 1.29 is 18.7 Å². The summed E-state index contributed by atoms with van der Waals surface area (Å²) < 4.78 is 26.8. The molecule has 0 aliphatic carbocycles. The zero-order chi connectivity index (χ0) is 31.0. The summed E-state index contributed by atoms with van der Waals surface area (Å²) >= 11 is 6.67. The number of anilines is 1. The van der Waals surface area contributed by atoms with Gasteiger partial charge in [0, 0.05) is 61.0 Å². The lowest BCUT2D eigenvalue weighted by atomic mass is 9.94. The predicted molar refractivity (Wildman–Crippen MR) is 166 cm³/mol. The van der Waals surface area contributed by atoms with E-state index in [0.717, 1.165) is 47.1 Å². The number of hydrogen-bond donors (Lipinski definition) is 0. The number of halogens is 2. The maximum absolute atomic E-state index is 13.8. The van der Waals surface area contributed by atoms with Crippen LogP contribution < -0.4 is 9.64 Å². The average molecular weight is 619 g/mol. The van der Waals surface area contributed by atoms with E-state index in [1.54, 1.807) is 0 Å². The van der Waals surface area contributed by atoms with Gasteiger partial charge in [0.15, 0.2) is 5.83 Å². The predicted octanol–water partition coefficient (Wildman–Crippen LogP) is 5.23. The summed E-state index contributed by atoms with van der Waals surface area (Å²) in [5.74, 6) is -0.792. The summed E-state index contributed by atoms with van der Waals surface area (Å²) in [7, 11) is 2.09. The normalized spacial score (nSPS) is 23.8. The van der Waals surface area contributed by atoms with E-state index in [1.165, 1.54) is 4.90 Å². The van der Waals surface area contributed by atoms with Gasteiger partial charge in [-0.05, 0) is 30.5 Å². The van der Waals surface area contributed by atoms with E-state index >= 15 is 0 Å². The van der Waals surface area contributed by atoms with Crippen molar-refractivity contribution in [3.05, 3.63) is 70.6 Å². The fourth-order valence-corrected chi connectivity index (χ4v) is 7.09. The van der Waals surface area contributed by atoms with Crippen LogP contribution in [0.5, 0.6) is 6.01 Å². The fraction of sp³-hybridized carbons (Fsp3) is 0.455. The molecule has 0 radical (unpaired) electrons. The van der Waals surface area contributed by atoms with Crippen molar-refractivity contribution in [1.29, 1.82) is 5.26 Å². The lowest BCUT2D eigenvalue weighted by Gasteiger charge is -2.42. The van der Waals surface area contributed by atoms with E-state index in [1.807, 2.05) is 41.3 Å². The van der Waals surface area contributed by atoms with Crippen LogP contribution in [0.15, 0.2) is 48.8 Å². The highest BCUT2D eigenvalue weighted by molar-refractivity contribution is 6.35. The van der Waals surface area contributed by atoms with Gasteiger partial charge in [0.2, 0.25) is 0 Å². The molecule has 0 N–H and O–H groups in total. The Bertz CT molecular complexity index is 1620. The number of nitriles is 1. The maximum atomic E-state index is 13.8. The van der Waals surface area contributed by atoms with Crippen molar-refractivity contribution in [2.45, 2.75) is 51.0 Å². The van der Waals surface area contributed by atoms with Crippen LogP contribution in [0.25, 0.3) is 10.8 Å². The zero-order valence-electron chi connectivity index (χ0n) is 25.0. The van der Waals surface area contributed by atoms with E-state index < -0.39 is 17.8 Å². The quantitative estimate of drug-likeness (QED) is 0.332. The number of carbonyl (C=O) groups is 1. The van der Waals surface area contributed by atoms with Crippen molar-refractivity contribution in [3.63, 3.8) is 0 Å². The molecule has 2 saturated heterocycles. The number of fused-ring (bicyclic) bond motifs is 2. The van der Waals surface area contributed by atoms with Gasteiger partial charge in [0.1, 0.15) is 11.9 Å². The van der Waals surface area contributed by atoms with Gasteiger partial charge in [-0.1, -0.05) is 55.4 Å². The van der Waals surface area contributed by atoms with Crippen molar-refractivity contribution in [2.75, 3.05) is 44.7 Å². The highest BCUT2D eigenvalue weighted by atomic mass is 35.5. The Morgan fingerprint density at radius 3 is 2.75 bits per heavy atom. The first-order chi connectivity index (χ1) is 21.3. The molecule has 4 atom stereocenters. The highest BCUT2D eigenvalue weighted by Crippen LogP contribution is 2.40. The van der Waals surface area contributed by atoms with Crippen LogP contribution in [0.2, 0.25) is 5.02 Å². The summed E-state index contributed by atoms with van der Waals surface area (Å²) in [6, 6.07) is 13.9. The van der Waals surface area contributed by atoms with E-state index in [0.29, 0.717) is 42.3 Å². The zero-order valence-corrected chi connectivity index (χ0v) is 25.8. The second-order valence-corrected chi connectivity index (χ2v) is 12.3. The summed E-state index contributed by atoms with van der Waals surface area (Å²) in [6.07, 6.45) is 1.21. The molecule has 1 amide bonds. The highest BCUT2D eigenvalue weighted by Gasteiger charge is 2.37. The Labute approximate surface area is 261 Å². The van der Waals surface area contributed by atoms with Crippen molar-refractivity contribution in [2.24, 2.45) is 5.92 Å². The smallest absolute Gasteiger partial charge is 0.318 e. The molecule has 2 fully saturated rings. The summed E-state index contributed by atoms with van der Waals surface area (Å²) in [4.78, 5) is 28.1. The van der Waals surface area contributed by atoms with Crippen LogP contribution in [0, 0.1) is 17.2 Å². The Morgan fingerprint density at radius 2 is 2.00 bits per heavy atom. The third-order valence-corrected chi connectivity index (χ3v) is 9.35. The molecule has 44 heavy (non-hydrogen) atoms. The fourth-order valence-electron chi connectivity index (χ4n) is 6.80. The number of benzene rings is 2. The Hall–Kier alpha value is -3.78. The van der Waals surface area contributed by atoms with Gasteiger partial charge >= 0.3 is 6.01 Å². The molecule has 0 saturated carbocycles. The number of hydrogen-bond acceptors (Lipinski definition) is 8. The third kappa shape index (κ3) is 5.84. The van der Waals surface area contributed by atoms with Crippen LogP contribution in [0.3, 0.4) is 0 Å². The van der Waals surface area contributed by atoms with Gasteiger partial charge in [-0.2, -0.15) is 15.2 Å². The molecule has 2 unspecified atom stereocenters. The molecule has 2 aromatic carbocycles. The molecule has 4 heterocycles. The molecular weight excluding hydrogens is 583 g/mol. The number of likely N-dealkylation sites (N-methyl/N-ethyl adjacent to an activating group) is 1. The second kappa shape index (κ2) is 12.7. The van der Waals surface area contributed by atoms with Crippen LogP contribution >= 0.6 is 11.6 Å². The van der Waals surface area contributed by atoms with Crippen LogP contribution in [-0.2, 0) is 22.6 Å². The van der Waals surface area contributed by atoms with Gasteiger partial charge < -0.3 is 24.2 Å². The third-order valence-electron chi connectivity index (χ3n) is 9.04. The summed E-state index contributed by atoms with van der Waals surface area (Å²) in [6.45, 7) is 8.27. The van der Waals surface area contributed by atoms with Gasteiger partial charge in [-0.25, -0.2) is 4.39 Å². The number of amides is 1. The largest absolute Gasteiger partial charge is 0.458 e. The van der Waals surface area contributed by atoms with E-state index in [4.69, 9.17) is 31.0 Å². The van der Waals surface area contributed by atoms with E-state index in [9.17, 15) is 14.4 Å².